The zero-order valence-electron chi connectivity index (χ0n) is 17.3. The molecular weight excluding hydrogens is 339 g/mol. The summed E-state index contributed by atoms with van der Waals surface area (Å²) in [4.78, 5) is 0. The molecule has 0 heterocycles. The normalized spacial score (nSPS) is 11.3. The summed E-state index contributed by atoms with van der Waals surface area (Å²) in [7, 11) is 6.30. The summed E-state index contributed by atoms with van der Waals surface area (Å²) >= 11 is 0. The Morgan fingerprint density at radius 2 is 1.42 bits per heavy atom. The molecule has 0 fully saturated rings. The highest BCUT2D eigenvalue weighted by atomic mass is 31.0. The lowest BCUT2D eigenvalue weighted by Gasteiger charge is -2.22. The van der Waals surface area contributed by atoms with Gasteiger partial charge in [0.15, 0.2) is 0 Å². The van der Waals surface area contributed by atoms with E-state index in [4.69, 9.17) is 9.47 Å². The third-order valence-electron chi connectivity index (χ3n) is 4.61. The molecule has 2 rings (SSSR count). The smallest absolute Gasteiger partial charge is 0.127 e. The zero-order chi connectivity index (χ0) is 19.4. The van der Waals surface area contributed by atoms with Gasteiger partial charge in [-0.3, -0.25) is 0 Å². The van der Waals surface area contributed by atoms with Crippen LogP contribution in [0.2, 0.25) is 0 Å². The standard InChI is InChI=1S/C23H33O2P/c1-14(2)10-17-12-16(5)21(18(13-17)11-15(3)4)22-19(24-6)8-9-20(25-7)23(22)26/h8-9,12-15H,10-11,26H2,1-7H3. The number of ether oxygens (including phenoxy) is 2. The van der Waals surface area contributed by atoms with Crippen LogP contribution in [-0.4, -0.2) is 14.2 Å². The van der Waals surface area contributed by atoms with Crippen molar-refractivity contribution >= 4 is 14.5 Å². The van der Waals surface area contributed by atoms with E-state index in [0.717, 1.165) is 35.2 Å². The second-order valence-electron chi connectivity index (χ2n) is 7.90. The van der Waals surface area contributed by atoms with Crippen molar-refractivity contribution in [3.63, 3.8) is 0 Å². The van der Waals surface area contributed by atoms with Crippen LogP contribution in [0.4, 0.5) is 0 Å². The van der Waals surface area contributed by atoms with E-state index in [2.05, 4.69) is 56.0 Å². The van der Waals surface area contributed by atoms with Crippen LogP contribution in [-0.2, 0) is 12.8 Å². The van der Waals surface area contributed by atoms with E-state index in [1.165, 1.54) is 22.3 Å². The molecule has 0 saturated heterocycles. The third-order valence-corrected chi connectivity index (χ3v) is 5.18. The summed E-state index contributed by atoms with van der Waals surface area (Å²) in [6, 6.07) is 8.70. The average molecular weight is 372 g/mol. The Morgan fingerprint density at radius 1 is 0.846 bits per heavy atom. The maximum atomic E-state index is 5.72. The molecule has 0 amide bonds. The highest BCUT2D eigenvalue weighted by molar-refractivity contribution is 7.28. The summed E-state index contributed by atoms with van der Waals surface area (Å²) < 4.78 is 11.3. The first-order valence-corrected chi connectivity index (χ1v) is 9.99. The van der Waals surface area contributed by atoms with E-state index in [1.54, 1.807) is 14.2 Å². The van der Waals surface area contributed by atoms with Crippen LogP contribution in [0.1, 0.15) is 44.4 Å². The van der Waals surface area contributed by atoms with Crippen molar-refractivity contribution in [2.75, 3.05) is 14.2 Å². The van der Waals surface area contributed by atoms with E-state index in [1.807, 2.05) is 12.1 Å². The number of hydrogen-bond donors (Lipinski definition) is 0. The van der Waals surface area contributed by atoms with Gasteiger partial charge in [-0.2, -0.15) is 0 Å². The Balaban J connectivity index is 2.76. The first-order chi connectivity index (χ1) is 12.3. The second kappa shape index (κ2) is 8.91. The number of methoxy groups -OCH3 is 2. The van der Waals surface area contributed by atoms with Crippen molar-refractivity contribution in [1.82, 2.24) is 0 Å². The fourth-order valence-electron chi connectivity index (χ4n) is 3.68. The molecule has 0 saturated carbocycles. The largest absolute Gasteiger partial charge is 0.496 e. The summed E-state index contributed by atoms with van der Waals surface area (Å²) in [5, 5.41) is 1.05. The lowest BCUT2D eigenvalue weighted by Crippen LogP contribution is -2.09. The van der Waals surface area contributed by atoms with E-state index in [-0.39, 0.29) is 0 Å². The Labute approximate surface area is 161 Å². The van der Waals surface area contributed by atoms with Crippen LogP contribution in [0.3, 0.4) is 0 Å². The third kappa shape index (κ3) is 4.60. The van der Waals surface area contributed by atoms with Crippen LogP contribution < -0.4 is 14.8 Å². The van der Waals surface area contributed by atoms with Gasteiger partial charge in [0.1, 0.15) is 11.5 Å². The van der Waals surface area contributed by atoms with Crippen LogP contribution in [0.15, 0.2) is 24.3 Å². The Bertz CT molecular complexity index is 763. The molecule has 0 spiro atoms. The van der Waals surface area contributed by atoms with Crippen molar-refractivity contribution in [2.24, 2.45) is 11.8 Å². The van der Waals surface area contributed by atoms with Crippen molar-refractivity contribution in [1.29, 1.82) is 0 Å². The molecule has 0 aliphatic carbocycles. The summed E-state index contributed by atoms with van der Waals surface area (Å²) in [5.41, 5.74) is 6.53. The van der Waals surface area contributed by atoms with Crippen LogP contribution in [0.25, 0.3) is 11.1 Å². The SMILES string of the molecule is COc1ccc(OC)c(-c2c(C)cc(CC(C)C)cc2CC(C)C)c1P. The van der Waals surface area contributed by atoms with Crippen LogP contribution >= 0.6 is 9.24 Å². The summed E-state index contributed by atoms with van der Waals surface area (Å²) in [6.45, 7) is 11.3. The highest BCUT2D eigenvalue weighted by Crippen LogP contribution is 2.38. The summed E-state index contributed by atoms with van der Waals surface area (Å²) in [6.07, 6.45) is 2.15. The van der Waals surface area contributed by atoms with Gasteiger partial charge in [0.2, 0.25) is 0 Å². The molecule has 2 aromatic carbocycles. The Kier molecular flexibility index (Phi) is 7.12. The van der Waals surface area contributed by atoms with Gasteiger partial charge in [0, 0.05) is 10.9 Å². The van der Waals surface area contributed by atoms with Crippen molar-refractivity contribution in [3.8, 4) is 22.6 Å². The lowest BCUT2D eigenvalue weighted by atomic mass is 9.86. The van der Waals surface area contributed by atoms with Gasteiger partial charge in [-0.1, -0.05) is 39.8 Å². The van der Waals surface area contributed by atoms with Crippen molar-refractivity contribution in [2.45, 2.75) is 47.5 Å². The first kappa shape index (κ1) is 20.8. The molecule has 0 aliphatic heterocycles. The minimum atomic E-state index is 0.590. The Hall–Kier alpha value is -1.53. The van der Waals surface area contributed by atoms with E-state index in [9.17, 15) is 0 Å². The lowest BCUT2D eigenvalue weighted by molar-refractivity contribution is 0.407. The topological polar surface area (TPSA) is 18.5 Å². The summed E-state index contributed by atoms with van der Waals surface area (Å²) in [5.74, 6) is 3.00. The minimum absolute atomic E-state index is 0.590. The highest BCUT2D eigenvalue weighted by Gasteiger charge is 2.20. The van der Waals surface area contributed by atoms with Gasteiger partial charge in [-0.15, -0.1) is 9.24 Å². The molecule has 1 unspecified atom stereocenters. The maximum Gasteiger partial charge on any atom is 0.127 e. The van der Waals surface area contributed by atoms with Crippen molar-refractivity contribution in [3.05, 3.63) is 41.0 Å². The van der Waals surface area contributed by atoms with Gasteiger partial charge in [0.25, 0.3) is 0 Å². The van der Waals surface area contributed by atoms with Gasteiger partial charge >= 0.3 is 0 Å². The molecule has 2 nitrogen and oxygen atoms in total. The van der Waals surface area contributed by atoms with Gasteiger partial charge < -0.3 is 9.47 Å². The predicted molar refractivity (Wildman–Crippen MR) is 116 cm³/mol. The quantitative estimate of drug-likeness (QED) is 0.591. The molecule has 0 aromatic heterocycles. The molecule has 0 aliphatic rings. The van der Waals surface area contributed by atoms with Crippen LogP contribution in [0.5, 0.6) is 11.5 Å². The fourth-order valence-corrected chi connectivity index (χ4v) is 4.18. The van der Waals surface area contributed by atoms with Gasteiger partial charge in [-0.05, 0) is 66.0 Å². The van der Waals surface area contributed by atoms with Crippen molar-refractivity contribution < 1.29 is 9.47 Å². The number of benzene rings is 2. The van der Waals surface area contributed by atoms with E-state index < -0.39 is 0 Å². The molecular formula is C23H33O2P. The zero-order valence-corrected chi connectivity index (χ0v) is 18.4. The predicted octanol–water partition coefficient (Wildman–Crippen LogP) is 5.58. The molecule has 142 valence electrons. The number of hydrogen-bond acceptors (Lipinski definition) is 2. The monoisotopic (exact) mass is 372 g/mol. The number of aryl methyl sites for hydroxylation is 1. The second-order valence-corrected chi connectivity index (χ2v) is 8.48. The molecule has 26 heavy (non-hydrogen) atoms. The van der Waals surface area contributed by atoms with Crippen LogP contribution in [0, 0.1) is 18.8 Å². The van der Waals surface area contributed by atoms with Gasteiger partial charge in [0.05, 0.1) is 14.2 Å². The molecule has 0 N–H and O–H groups in total. The molecule has 0 bridgehead atoms. The van der Waals surface area contributed by atoms with E-state index in [0.29, 0.717) is 11.8 Å². The molecule has 0 radical (unpaired) electrons. The maximum absolute atomic E-state index is 5.72. The Morgan fingerprint density at radius 3 is 1.96 bits per heavy atom. The van der Waals surface area contributed by atoms with Gasteiger partial charge in [-0.25, -0.2) is 0 Å². The minimum Gasteiger partial charge on any atom is -0.496 e. The molecule has 3 heteroatoms. The fraction of sp³-hybridized carbons (Fsp3) is 0.478. The van der Waals surface area contributed by atoms with E-state index >= 15 is 0 Å². The first-order valence-electron chi connectivity index (χ1n) is 9.41. The molecule has 2 aromatic rings. The number of rotatable bonds is 7. The molecule has 1 atom stereocenters. The average Bonchev–Trinajstić information content (AvgIpc) is 2.54.